The van der Waals surface area contributed by atoms with E-state index in [0.29, 0.717) is 31.1 Å². The maximum atomic E-state index is 12.8. The number of fused-ring (bicyclic) bond motifs is 2. The Hall–Kier alpha value is -2.68. The first-order chi connectivity index (χ1) is 14.8. The van der Waals surface area contributed by atoms with E-state index in [-0.39, 0.29) is 11.8 Å². The molecule has 3 N–H and O–H groups in total. The molecule has 0 bridgehead atoms. The second kappa shape index (κ2) is 7.47. The van der Waals surface area contributed by atoms with Crippen molar-refractivity contribution in [2.24, 2.45) is 5.73 Å². The van der Waals surface area contributed by atoms with Crippen molar-refractivity contribution in [3.63, 3.8) is 0 Å². The van der Waals surface area contributed by atoms with Gasteiger partial charge in [-0.15, -0.1) is 0 Å². The molecule has 7 nitrogen and oxygen atoms in total. The lowest BCUT2D eigenvalue weighted by atomic mass is 10.1. The van der Waals surface area contributed by atoms with Gasteiger partial charge in [0.1, 0.15) is 5.82 Å². The van der Waals surface area contributed by atoms with Crippen LogP contribution >= 0.6 is 0 Å². The van der Waals surface area contributed by atoms with E-state index >= 15 is 0 Å². The second-order valence-electron chi connectivity index (χ2n) is 8.50. The molecule has 2 aliphatic rings. The van der Waals surface area contributed by atoms with E-state index in [1.807, 2.05) is 42.2 Å². The van der Waals surface area contributed by atoms with Crippen LogP contribution in [0.4, 0.5) is 11.5 Å². The highest BCUT2D eigenvalue weighted by atomic mass is 32.2. The Morgan fingerprint density at radius 1 is 1.10 bits per heavy atom. The number of β-amino-alcohol motifs (C(OH)–C–C–N with tert-alkyl or cyclic N) is 1. The van der Waals surface area contributed by atoms with E-state index in [1.165, 1.54) is 0 Å². The molecule has 3 heterocycles. The number of pyridine rings is 1. The fraction of sp³-hybridized carbons (Fsp3) is 0.348. The zero-order chi connectivity index (χ0) is 21.8. The molecule has 0 unspecified atom stereocenters. The number of nitrogens with zero attached hydrogens (tertiary/aromatic N) is 3. The van der Waals surface area contributed by atoms with E-state index in [4.69, 9.17) is 10.7 Å². The van der Waals surface area contributed by atoms with Gasteiger partial charge < -0.3 is 20.6 Å². The van der Waals surface area contributed by atoms with Crippen molar-refractivity contribution in [2.45, 2.75) is 30.5 Å². The minimum atomic E-state index is -3.34. The van der Waals surface area contributed by atoms with Crippen molar-refractivity contribution >= 4 is 32.2 Å². The average molecular weight is 439 g/mol. The summed E-state index contributed by atoms with van der Waals surface area (Å²) in [4.78, 5) is 9.42. The number of rotatable bonds is 2. The molecule has 0 aliphatic carbocycles. The summed E-state index contributed by atoms with van der Waals surface area (Å²) in [5, 5.41) is 11.2. The molecule has 1 saturated heterocycles. The first kappa shape index (κ1) is 20.2. The van der Waals surface area contributed by atoms with Crippen molar-refractivity contribution < 1.29 is 13.5 Å². The van der Waals surface area contributed by atoms with Gasteiger partial charge in [0, 0.05) is 49.4 Å². The zero-order valence-electron chi connectivity index (χ0n) is 17.4. The van der Waals surface area contributed by atoms with Gasteiger partial charge in [0.25, 0.3) is 0 Å². The normalized spacial score (nSPS) is 23.1. The Morgan fingerprint density at radius 2 is 1.90 bits per heavy atom. The second-order valence-corrected chi connectivity index (χ2v) is 10.6. The molecule has 162 valence electrons. The number of nitrogens with two attached hydrogens (primary N) is 1. The van der Waals surface area contributed by atoms with Gasteiger partial charge in [-0.3, -0.25) is 0 Å². The van der Waals surface area contributed by atoms with Crippen LogP contribution in [0.25, 0.3) is 10.9 Å². The van der Waals surface area contributed by atoms with Crippen molar-refractivity contribution in [3.8, 4) is 0 Å². The number of anilines is 2. The molecule has 0 spiro atoms. The Labute approximate surface area is 182 Å². The molecule has 0 radical (unpaired) electrons. The highest BCUT2D eigenvalue weighted by Gasteiger charge is 2.31. The minimum Gasteiger partial charge on any atom is -0.390 e. The molecule has 8 heteroatoms. The van der Waals surface area contributed by atoms with Crippen molar-refractivity contribution in [3.05, 3.63) is 59.7 Å². The van der Waals surface area contributed by atoms with Crippen molar-refractivity contribution in [1.82, 2.24) is 4.98 Å². The third kappa shape index (κ3) is 3.64. The molecule has 5 rings (SSSR count). The molecule has 1 aromatic heterocycles. The Morgan fingerprint density at radius 3 is 2.68 bits per heavy atom. The van der Waals surface area contributed by atoms with E-state index in [9.17, 15) is 13.5 Å². The third-order valence-electron chi connectivity index (χ3n) is 6.23. The first-order valence-corrected chi connectivity index (χ1v) is 12.1. The van der Waals surface area contributed by atoms with Crippen LogP contribution < -0.4 is 15.5 Å². The standard InChI is InChI=1S/C23H26N4O3S/c1-15-6-7-19-17(10-15)20(27-13-18(24)21(28)14-27)11-23(25-19)26-8-9-31(29,30)22-5-3-2-4-16(22)12-26/h2-7,10-11,18,21,28H,8-9,12-14,24H2,1H3/t18-,21-/m0/s1. The van der Waals surface area contributed by atoms with Gasteiger partial charge in [0.15, 0.2) is 9.84 Å². The number of benzene rings is 2. The fourth-order valence-electron chi connectivity index (χ4n) is 4.50. The molecule has 0 saturated carbocycles. The Bertz CT molecular complexity index is 1250. The van der Waals surface area contributed by atoms with Gasteiger partial charge in [0.05, 0.1) is 22.3 Å². The van der Waals surface area contributed by atoms with E-state index in [0.717, 1.165) is 33.5 Å². The van der Waals surface area contributed by atoms with Crippen molar-refractivity contribution in [1.29, 1.82) is 0 Å². The Balaban J connectivity index is 1.62. The summed E-state index contributed by atoms with van der Waals surface area (Å²) in [5.74, 6) is 0.772. The van der Waals surface area contributed by atoms with Crippen LogP contribution in [-0.2, 0) is 16.4 Å². The number of aliphatic hydroxyl groups excluding tert-OH is 1. The van der Waals surface area contributed by atoms with Crippen LogP contribution in [-0.4, -0.2) is 56.0 Å². The van der Waals surface area contributed by atoms with Gasteiger partial charge in [-0.1, -0.05) is 29.8 Å². The van der Waals surface area contributed by atoms with Gasteiger partial charge in [-0.2, -0.15) is 0 Å². The van der Waals surface area contributed by atoms with Crippen LogP contribution in [0, 0.1) is 6.92 Å². The summed E-state index contributed by atoms with van der Waals surface area (Å²) in [6, 6.07) is 15.0. The quantitative estimate of drug-likeness (QED) is 0.630. The number of aromatic nitrogens is 1. The number of hydrogen-bond acceptors (Lipinski definition) is 7. The lowest BCUT2D eigenvalue weighted by molar-refractivity contribution is 0.180. The molecule has 3 aromatic rings. The number of aryl methyl sites for hydroxylation is 1. The Kier molecular flexibility index (Phi) is 4.88. The maximum Gasteiger partial charge on any atom is 0.180 e. The van der Waals surface area contributed by atoms with Crippen LogP contribution in [0.5, 0.6) is 0 Å². The number of sulfone groups is 1. The number of hydrogen-bond donors (Lipinski definition) is 2. The molecule has 31 heavy (non-hydrogen) atoms. The van der Waals surface area contributed by atoms with Gasteiger partial charge in [-0.25, -0.2) is 13.4 Å². The summed E-state index contributed by atoms with van der Waals surface area (Å²) < 4.78 is 25.5. The third-order valence-corrected chi connectivity index (χ3v) is 8.01. The predicted octanol–water partition coefficient (Wildman–Crippen LogP) is 1.85. The topological polar surface area (TPSA) is 99.8 Å². The lowest BCUT2D eigenvalue weighted by Gasteiger charge is -2.26. The number of aliphatic hydroxyl groups is 1. The molecule has 2 aliphatic heterocycles. The van der Waals surface area contributed by atoms with Crippen LogP contribution in [0.15, 0.2) is 53.4 Å². The zero-order valence-corrected chi connectivity index (χ0v) is 18.2. The smallest absolute Gasteiger partial charge is 0.180 e. The van der Waals surface area contributed by atoms with E-state index in [1.54, 1.807) is 12.1 Å². The van der Waals surface area contributed by atoms with E-state index in [2.05, 4.69) is 11.0 Å². The minimum absolute atomic E-state index is 0.0419. The molecular formula is C23H26N4O3S. The van der Waals surface area contributed by atoms with Crippen LogP contribution in [0.3, 0.4) is 0 Å². The summed E-state index contributed by atoms with van der Waals surface area (Å²) in [7, 11) is -3.34. The monoisotopic (exact) mass is 438 g/mol. The SMILES string of the molecule is Cc1ccc2nc(N3CCS(=O)(=O)c4ccccc4C3)cc(N3C[C@H](N)[C@@H](O)C3)c2c1. The van der Waals surface area contributed by atoms with Gasteiger partial charge in [0.2, 0.25) is 0 Å². The molecular weight excluding hydrogens is 412 g/mol. The summed E-state index contributed by atoms with van der Waals surface area (Å²) in [6.45, 7) is 3.90. The highest BCUT2D eigenvalue weighted by Crippen LogP contribution is 2.34. The largest absolute Gasteiger partial charge is 0.390 e. The predicted molar refractivity (Wildman–Crippen MR) is 122 cm³/mol. The van der Waals surface area contributed by atoms with Gasteiger partial charge in [-0.05, 0) is 30.7 Å². The molecule has 2 atom stereocenters. The first-order valence-electron chi connectivity index (χ1n) is 10.5. The molecule has 2 aromatic carbocycles. The summed E-state index contributed by atoms with van der Waals surface area (Å²) in [5.41, 5.74) is 9.80. The summed E-state index contributed by atoms with van der Waals surface area (Å²) >= 11 is 0. The van der Waals surface area contributed by atoms with Crippen LogP contribution in [0.1, 0.15) is 11.1 Å². The lowest BCUT2D eigenvalue weighted by Crippen LogP contribution is -2.32. The average Bonchev–Trinajstić information content (AvgIpc) is 3.01. The van der Waals surface area contributed by atoms with E-state index < -0.39 is 15.9 Å². The summed E-state index contributed by atoms with van der Waals surface area (Å²) in [6.07, 6.45) is -0.577. The fourth-order valence-corrected chi connectivity index (χ4v) is 6.00. The van der Waals surface area contributed by atoms with Crippen LogP contribution in [0.2, 0.25) is 0 Å². The van der Waals surface area contributed by atoms with Crippen molar-refractivity contribution in [2.75, 3.05) is 35.2 Å². The molecule has 0 amide bonds. The van der Waals surface area contributed by atoms with Gasteiger partial charge >= 0.3 is 0 Å². The molecule has 1 fully saturated rings. The highest BCUT2D eigenvalue weighted by molar-refractivity contribution is 7.91. The maximum absolute atomic E-state index is 12.8.